The second-order valence-corrected chi connectivity index (χ2v) is 4.69. The molecule has 0 spiro atoms. The van der Waals surface area contributed by atoms with Crippen LogP contribution in [-0.2, 0) is 0 Å². The fourth-order valence-corrected chi connectivity index (χ4v) is 1.82. The van der Waals surface area contributed by atoms with E-state index in [1.165, 1.54) is 0 Å². The van der Waals surface area contributed by atoms with Crippen LogP contribution >= 0.6 is 0 Å². The second-order valence-electron chi connectivity index (χ2n) is 4.69. The van der Waals surface area contributed by atoms with E-state index in [9.17, 15) is 0 Å². The van der Waals surface area contributed by atoms with Gasteiger partial charge in [0.25, 0.3) is 0 Å². The molecule has 1 aliphatic rings. The Morgan fingerprint density at radius 3 is 2.69 bits per heavy atom. The van der Waals surface area contributed by atoms with Crippen molar-refractivity contribution in [1.82, 2.24) is 0 Å². The highest BCUT2D eigenvalue weighted by Gasteiger charge is 2.15. The van der Waals surface area contributed by atoms with Crippen LogP contribution in [0, 0.1) is 5.92 Å². The Labute approximate surface area is 96.5 Å². The summed E-state index contributed by atoms with van der Waals surface area (Å²) >= 11 is 0. The maximum absolute atomic E-state index is 6.14. The van der Waals surface area contributed by atoms with E-state index >= 15 is 0 Å². The number of rotatable bonds is 4. The summed E-state index contributed by atoms with van der Waals surface area (Å²) in [5.74, 6) is 2.33. The standard InChI is InChI=1S/C13H19NO2/c1-9(2)3-5-11(14)10-4-6-12-13(7-10)16-8-15-12/h4,6-7,9,11H,3,5,8,14H2,1-2H3/t11-/m0/s1. The summed E-state index contributed by atoms with van der Waals surface area (Å²) in [5, 5.41) is 0. The van der Waals surface area contributed by atoms with Crippen LogP contribution in [0.3, 0.4) is 0 Å². The van der Waals surface area contributed by atoms with Crippen LogP contribution in [0.4, 0.5) is 0 Å². The molecular weight excluding hydrogens is 202 g/mol. The van der Waals surface area contributed by atoms with Gasteiger partial charge < -0.3 is 15.2 Å². The Morgan fingerprint density at radius 2 is 1.94 bits per heavy atom. The SMILES string of the molecule is CC(C)CC[C@H](N)c1ccc2c(c1)OCO2. The average Bonchev–Trinajstić information content (AvgIpc) is 2.72. The molecule has 2 rings (SSSR count). The number of fused-ring (bicyclic) bond motifs is 1. The zero-order valence-corrected chi connectivity index (χ0v) is 9.90. The molecular formula is C13H19NO2. The van der Waals surface area contributed by atoms with Gasteiger partial charge in [-0.05, 0) is 36.5 Å². The highest BCUT2D eigenvalue weighted by atomic mass is 16.7. The van der Waals surface area contributed by atoms with E-state index in [0.717, 1.165) is 29.9 Å². The van der Waals surface area contributed by atoms with E-state index in [1.54, 1.807) is 0 Å². The van der Waals surface area contributed by atoms with Gasteiger partial charge in [-0.3, -0.25) is 0 Å². The first-order valence-electron chi connectivity index (χ1n) is 5.82. The number of hydrogen-bond acceptors (Lipinski definition) is 3. The monoisotopic (exact) mass is 221 g/mol. The van der Waals surface area contributed by atoms with Gasteiger partial charge in [0, 0.05) is 6.04 Å². The number of ether oxygens (including phenoxy) is 2. The Balaban J connectivity index is 2.03. The quantitative estimate of drug-likeness (QED) is 0.850. The third-order valence-electron chi connectivity index (χ3n) is 2.88. The summed E-state index contributed by atoms with van der Waals surface area (Å²) in [6, 6.07) is 6.05. The molecule has 16 heavy (non-hydrogen) atoms. The Morgan fingerprint density at radius 1 is 1.19 bits per heavy atom. The third-order valence-corrected chi connectivity index (χ3v) is 2.88. The Bertz CT molecular complexity index is 363. The summed E-state index contributed by atoms with van der Waals surface area (Å²) < 4.78 is 10.6. The topological polar surface area (TPSA) is 44.5 Å². The molecule has 1 aromatic carbocycles. The van der Waals surface area contributed by atoms with Crippen molar-refractivity contribution in [2.24, 2.45) is 11.7 Å². The molecule has 1 aromatic rings. The van der Waals surface area contributed by atoms with Crippen LogP contribution in [0.2, 0.25) is 0 Å². The van der Waals surface area contributed by atoms with Crippen molar-refractivity contribution >= 4 is 0 Å². The van der Waals surface area contributed by atoms with Crippen molar-refractivity contribution in [1.29, 1.82) is 0 Å². The van der Waals surface area contributed by atoms with Gasteiger partial charge in [-0.25, -0.2) is 0 Å². The van der Waals surface area contributed by atoms with Gasteiger partial charge in [-0.15, -0.1) is 0 Å². The summed E-state index contributed by atoms with van der Waals surface area (Å²) in [4.78, 5) is 0. The van der Waals surface area contributed by atoms with E-state index in [-0.39, 0.29) is 6.04 Å². The molecule has 0 aromatic heterocycles. The molecule has 0 radical (unpaired) electrons. The van der Waals surface area contributed by atoms with Crippen molar-refractivity contribution in [2.45, 2.75) is 32.7 Å². The van der Waals surface area contributed by atoms with E-state index in [1.807, 2.05) is 18.2 Å². The molecule has 0 aliphatic carbocycles. The van der Waals surface area contributed by atoms with Crippen LogP contribution < -0.4 is 15.2 Å². The molecule has 0 saturated heterocycles. The lowest BCUT2D eigenvalue weighted by Crippen LogP contribution is -2.11. The average molecular weight is 221 g/mol. The normalized spacial score (nSPS) is 15.5. The van der Waals surface area contributed by atoms with Crippen LogP contribution in [0.5, 0.6) is 11.5 Å². The number of hydrogen-bond donors (Lipinski definition) is 1. The minimum Gasteiger partial charge on any atom is -0.454 e. The highest BCUT2D eigenvalue weighted by molar-refractivity contribution is 5.45. The number of nitrogens with two attached hydrogens (primary N) is 1. The molecule has 1 heterocycles. The molecule has 0 amide bonds. The molecule has 0 saturated carbocycles. The smallest absolute Gasteiger partial charge is 0.231 e. The van der Waals surface area contributed by atoms with Crippen molar-refractivity contribution in [3.63, 3.8) is 0 Å². The van der Waals surface area contributed by atoms with Gasteiger partial charge in [0.15, 0.2) is 11.5 Å². The zero-order valence-electron chi connectivity index (χ0n) is 9.90. The summed E-state index contributed by atoms with van der Waals surface area (Å²) in [7, 11) is 0. The van der Waals surface area contributed by atoms with E-state index in [2.05, 4.69) is 13.8 Å². The Kier molecular flexibility index (Phi) is 3.34. The van der Waals surface area contributed by atoms with Crippen LogP contribution in [0.25, 0.3) is 0 Å². The largest absolute Gasteiger partial charge is 0.454 e. The first-order chi connectivity index (χ1) is 7.66. The van der Waals surface area contributed by atoms with Gasteiger partial charge in [-0.2, -0.15) is 0 Å². The van der Waals surface area contributed by atoms with Crippen molar-refractivity contribution in [3.05, 3.63) is 23.8 Å². The molecule has 1 aliphatic heterocycles. The molecule has 0 bridgehead atoms. The third kappa shape index (κ3) is 2.47. The molecule has 0 fully saturated rings. The summed E-state index contributed by atoms with van der Waals surface area (Å²) in [6.45, 7) is 4.75. The summed E-state index contributed by atoms with van der Waals surface area (Å²) in [5.41, 5.74) is 7.27. The predicted molar refractivity (Wildman–Crippen MR) is 63.6 cm³/mol. The minimum absolute atomic E-state index is 0.0944. The summed E-state index contributed by atoms with van der Waals surface area (Å²) in [6.07, 6.45) is 2.16. The van der Waals surface area contributed by atoms with E-state index < -0.39 is 0 Å². The van der Waals surface area contributed by atoms with Gasteiger partial charge in [0.2, 0.25) is 6.79 Å². The lowest BCUT2D eigenvalue weighted by molar-refractivity contribution is 0.174. The molecule has 0 unspecified atom stereocenters. The van der Waals surface area contributed by atoms with Crippen molar-refractivity contribution in [2.75, 3.05) is 6.79 Å². The molecule has 2 N–H and O–H groups in total. The second kappa shape index (κ2) is 4.74. The van der Waals surface area contributed by atoms with Gasteiger partial charge in [0.1, 0.15) is 0 Å². The van der Waals surface area contributed by atoms with Crippen molar-refractivity contribution < 1.29 is 9.47 Å². The van der Waals surface area contributed by atoms with Crippen LogP contribution in [0.1, 0.15) is 38.3 Å². The maximum Gasteiger partial charge on any atom is 0.231 e. The van der Waals surface area contributed by atoms with Crippen molar-refractivity contribution in [3.8, 4) is 11.5 Å². The van der Waals surface area contributed by atoms with E-state index in [4.69, 9.17) is 15.2 Å². The lowest BCUT2D eigenvalue weighted by Gasteiger charge is -2.13. The van der Waals surface area contributed by atoms with Gasteiger partial charge in [0.05, 0.1) is 0 Å². The molecule has 3 nitrogen and oxygen atoms in total. The lowest BCUT2D eigenvalue weighted by atomic mass is 9.98. The molecule has 1 atom stereocenters. The van der Waals surface area contributed by atoms with E-state index in [0.29, 0.717) is 12.7 Å². The molecule has 88 valence electrons. The minimum atomic E-state index is 0.0944. The highest BCUT2D eigenvalue weighted by Crippen LogP contribution is 2.34. The van der Waals surface area contributed by atoms with Crippen LogP contribution in [0.15, 0.2) is 18.2 Å². The predicted octanol–water partition coefficient (Wildman–Crippen LogP) is 2.85. The fourth-order valence-electron chi connectivity index (χ4n) is 1.82. The zero-order chi connectivity index (χ0) is 11.5. The van der Waals surface area contributed by atoms with Gasteiger partial charge >= 0.3 is 0 Å². The molecule has 3 heteroatoms. The first kappa shape index (κ1) is 11.3. The Hall–Kier alpha value is -1.22. The van der Waals surface area contributed by atoms with Crippen LogP contribution in [-0.4, -0.2) is 6.79 Å². The number of benzene rings is 1. The fraction of sp³-hybridized carbons (Fsp3) is 0.538. The van der Waals surface area contributed by atoms with Gasteiger partial charge in [-0.1, -0.05) is 19.9 Å². The first-order valence-corrected chi connectivity index (χ1v) is 5.82. The maximum atomic E-state index is 6.14.